The lowest BCUT2D eigenvalue weighted by Gasteiger charge is -2.51. The Morgan fingerprint density at radius 1 is 1.29 bits per heavy atom. The van der Waals surface area contributed by atoms with Crippen molar-refractivity contribution < 1.29 is 0 Å². The second-order valence-corrected chi connectivity index (χ2v) is 5.86. The lowest BCUT2D eigenvalue weighted by Crippen LogP contribution is -2.57. The van der Waals surface area contributed by atoms with Crippen molar-refractivity contribution in [3.63, 3.8) is 0 Å². The normalized spacial score (nSPS) is 31.7. The Hall–Kier alpha value is -0.0800. The summed E-state index contributed by atoms with van der Waals surface area (Å²) in [6.07, 6.45) is 4.31. The summed E-state index contributed by atoms with van der Waals surface area (Å²) in [5.41, 5.74) is 0.708. The summed E-state index contributed by atoms with van der Waals surface area (Å²) in [6, 6.07) is 1.60. The second-order valence-electron chi connectivity index (χ2n) is 5.86. The van der Waals surface area contributed by atoms with E-state index in [4.69, 9.17) is 0 Å². The van der Waals surface area contributed by atoms with E-state index >= 15 is 0 Å². The van der Waals surface area contributed by atoms with Gasteiger partial charge in [-0.3, -0.25) is 4.90 Å². The molecule has 0 aromatic rings. The predicted octanol–water partition coefficient (Wildman–Crippen LogP) is 1.81. The van der Waals surface area contributed by atoms with Gasteiger partial charge < -0.3 is 4.90 Å². The minimum absolute atomic E-state index is 0.708. The van der Waals surface area contributed by atoms with Gasteiger partial charge in [0.1, 0.15) is 0 Å². The maximum Gasteiger partial charge on any atom is 0.00956 e. The fourth-order valence-corrected chi connectivity index (χ4v) is 3.09. The second kappa shape index (κ2) is 3.49. The summed E-state index contributed by atoms with van der Waals surface area (Å²) in [6.45, 7) is 7.33. The van der Waals surface area contributed by atoms with E-state index in [0.29, 0.717) is 5.41 Å². The molecule has 0 aromatic carbocycles. The Bertz CT molecular complexity index is 204. The van der Waals surface area contributed by atoms with Crippen molar-refractivity contribution >= 4 is 0 Å². The fourth-order valence-electron chi connectivity index (χ4n) is 3.09. The van der Waals surface area contributed by atoms with E-state index in [2.05, 4.69) is 37.7 Å². The van der Waals surface area contributed by atoms with E-state index in [9.17, 15) is 0 Å². The Labute approximate surface area is 88.3 Å². The molecule has 1 saturated carbocycles. The van der Waals surface area contributed by atoms with Gasteiger partial charge in [0.2, 0.25) is 0 Å². The van der Waals surface area contributed by atoms with Gasteiger partial charge in [-0.2, -0.15) is 0 Å². The third kappa shape index (κ3) is 1.70. The minimum atomic E-state index is 0.708. The summed E-state index contributed by atoms with van der Waals surface area (Å²) >= 11 is 0. The molecule has 2 aliphatic rings. The van der Waals surface area contributed by atoms with Crippen LogP contribution in [0.2, 0.25) is 0 Å². The highest BCUT2D eigenvalue weighted by Gasteiger charge is 2.48. The predicted molar refractivity (Wildman–Crippen MR) is 60.5 cm³/mol. The number of likely N-dealkylation sites (tertiary alicyclic amines) is 1. The molecule has 14 heavy (non-hydrogen) atoms. The lowest BCUT2D eigenvalue weighted by atomic mass is 9.77. The first-order valence-electron chi connectivity index (χ1n) is 5.93. The number of nitrogens with zero attached hydrogens (tertiary/aromatic N) is 2. The first kappa shape index (κ1) is 10.4. The molecule has 0 bridgehead atoms. The standard InChI is InChI=1S/C12H24N2/c1-10(2)14-8-12(9-14)6-5-11(7-12)13(3)4/h10-11H,5-9H2,1-4H3. The molecule has 0 radical (unpaired) electrons. The molecule has 1 aliphatic heterocycles. The molecule has 2 heteroatoms. The molecular formula is C12H24N2. The van der Waals surface area contributed by atoms with Crippen LogP contribution in [-0.4, -0.2) is 49.1 Å². The van der Waals surface area contributed by atoms with E-state index < -0.39 is 0 Å². The van der Waals surface area contributed by atoms with Crippen LogP contribution in [0.5, 0.6) is 0 Å². The Morgan fingerprint density at radius 3 is 2.36 bits per heavy atom. The zero-order valence-corrected chi connectivity index (χ0v) is 10.1. The van der Waals surface area contributed by atoms with Crippen LogP contribution < -0.4 is 0 Å². The average molecular weight is 196 g/mol. The minimum Gasteiger partial charge on any atom is -0.306 e. The smallest absolute Gasteiger partial charge is 0.00956 e. The number of hydrogen-bond donors (Lipinski definition) is 0. The molecule has 1 saturated heterocycles. The van der Waals surface area contributed by atoms with E-state index in [1.165, 1.54) is 32.4 Å². The van der Waals surface area contributed by atoms with Gasteiger partial charge in [-0.25, -0.2) is 0 Å². The van der Waals surface area contributed by atoms with E-state index in [1.54, 1.807) is 0 Å². The van der Waals surface area contributed by atoms with Gasteiger partial charge in [0.05, 0.1) is 0 Å². The van der Waals surface area contributed by atoms with Crippen molar-refractivity contribution in [2.24, 2.45) is 5.41 Å². The van der Waals surface area contributed by atoms with Crippen molar-refractivity contribution in [3.05, 3.63) is 0 Å². The molecule has 0 aromatic heterocycles. The highest BCUT2D eigenvalue weighted by Crippen LogP contribution is 2.47. The SMILES string of the molecule is CC(C)N1CC2(CCC(N(C)C)C2)C1. The topological polar surface area (TPSA) is 6.48 Å². The Balaban J connectivity index is 1.86. The van der Waals surface area contributed by atoms with Crippen molar-refractivity contribution in [1.82, 2.24) is 9.80 Å². The molecular weight excluding hydrogens is 172 g/mol. The zero-order valence-electron chi connectivity index (χ0n) is 10.1. The van der Waals surface area contributed by atoms with Crippen LogP contribution in [-0.2, 0) is 0 Å². The summed E-state index contributed by atoms with van der Waals surface area (Å²) in [7, 11) is 4.45. The maximum absolute atomic E-state index is 2.61. The van der Waals surface area contributed by atoms with Gasteiger partial charge in [0.25, 0.3) is 0 Å². The van der Waals surface area contributed by atoms with Gasteiger partial charge in [-0.05, 0) is 52.6 Å². The summed E-state index contributed by atoms with van der Waals surface area (Å²) in [4.78, 5) is 5.02. The molecule has 2 nitrogen and oxygen atoms in total. The van der Waals surface area contributed by atoms with Gasteiger partial charge in [0, 0.05) is 25.2 Å². The van der Waals surface area contributed by atoms with Crippen LogP contribution >= 0.6 is 0 Å². The van der Waals surface area contributed by atoms with E-state index in [-0.39, 0.29) is 0 Å². The van der Waals surface area contributed by atoms with Crippen LogP contribution in [0.25, 0.3) is 0 Å². The van der Waals surface area contributed by atoms with Gasteiger partial charge in [-0.1, -0.05) is 0 Å². The number of hydrogen-bond acceptors (Lipinski definition) is 2. The van der Waals surface area contributed by atoms with Crippen LogP contribution in [0.15, 0.2) is 0 Å². The highest BCUT2D eigenvalue weighted by atomic mass is 15.2. The molecule has 0 N–H and O–H groups in total. The first-order chi connectivity index (χ1) is 6.52. The third-order valence-corrected chi connectivity index (χ3v) is 4.21. The van der Waals surface area contributed by atoms with Crippen LogP contribution in [0, 0.1) is 5.41 Å². The lowest BCUT2D eigenvalue weighted by molar-refractivity contribution is -0.0204. The molecule has 1 atom stereocenters. The third-order valence-electron chi connectivity index (χ3n) is 4.21. The fraction of sp³-hybridized carbons (Fsp3) is 1.00. The van der Waals surface area contributed by atoms with Crippen LogP contribution in [0.4, 0.5) is 0 Å². The zero-order chi connectivity index (χ0) is 10.3. The van der Waals surface area contributed by atoms with Crippen molar-refractivity contribution in [2.45, 2.75) is 45.2 Å². The van der Waals surface area contributed by atoms with Crippen molar-refractivity contribution in [3.8, 4) is 0 Å². The molecule has 1 aliphatic carbocycles. The largest absolute Gasteiger partial charge is 0.306 e. The summed E-state index contributed by atoms with van der Waals surface area (Å²) in [5, 5.41) is 0. The first-order valence-corrected chi connectivity index (χ1v) is 5.93. The van der Waals surface area contributed by atoms with E-state index in [1.807, 2.05) is 0 Å². The molecule has 2 rings (SSSR count). The quantitative estimate of drug-likeness (QED) is 0.664. The Kier molecular flexibility index (Phi) is 2.61. The van der Waals surface area contributed by atoms with Gasteiger partial charge in [0.15, 0.2) is 0 Å². The number of rotatable bonds is 2. The summed E-state index contributed by atoms with van der Waals surface area (Å²) in [5.74, 6) is 0. The van der Waals surface area contributed by atoms with Crippen LogP contribution in [0.1, 0.15) is 33.1 Å². The van der Waals surface area contributed by atoms with Crippen molar-refractivity contribution in [2.75, 3.05) is 27.2 Å². The van der Waals surface area contributed by atoms with Gasteiger partial charge >= 0.3 is 0 Å². The summed E-state index contributed by atoms with van der Waals surface area (Å²) < 4.78 is 0. The molecule has 1 unspecified atom stereocenters. The van der Waals surface area contributed by atoms with Gasteiger partial charge in [-0.15, -0.1) is 0 Å². The molecule has 1 heterocycles. The Morgan fingerprint density at radius 2 is 1.93 bits per heavy atom. The molecule has 2 fully saturated rings. The highest BCUT2D eigenvalue weighted by molar-refractivity contribution is 5.02. The average Bonchev–Trinajstić information content (AvgIpc) is 2.44. The molecule has 0 amide bonds. The van der Waals surface area contributed by atoms with E-state index in [0.717, 1.165) is 12.1 Å². The van der Waals surface area contributed by atoms with Crippen molar-refractivity contribution in [1.29, 1.82) is 0 Å². The molecule has 82 valence electrons. The molecule has 1 spiro atoms. The monoisotopic (exact) mass is 196 g/mol. The van der Waals surface area contributed by atoms with Crippen LogP contribution in [0.3, 0.4) is 0 Å². The maximum atomic E-state index is 2.61.